The Labute approximate surface area is 102 Å². The van der Waals surface area contributed by atoms with E-state index in [0.29, 0.717) is 0 Å². The van der Waals surface area contributed by atoms with Crippen LogP contribution in [0.1, 0.15) is 66.2 Å². The van der Waals surface area contributed by atoms with E-state index in [1.165, 1.54) is 38.5 Å². The Balaban J connectivity index is 3.72. The van der Waals surface area contributed by atoms with Gasteiger partial charge in [0, 0.05) is 5.88 Å². The fraction of sp³-hybridized carbons (Fsp3) is 1.00. The summed E-state index contributed by atoms with van der Waals surface area (Å²) in [6.45, 7) is 9.25. The van der Waals surface area contributed by atoms with Crippen molar-refractivity contribution in [2.45, 2.75) is 66.2 Å². The van der Waals surface area contributed by atoms with Gasteiger partial charge in [-0.3, -0.25) is 0 Å². The number of hydrogen-bond acceptors (Lipinski definition) is 0. The molecule has 0 rings (SSSR count). The lowest BCUT2D eigenvalue weighted by Gasteiger charge is -2.22. The SMILES string of the molecule is CCCCCC(CCl)C(C)CCC(C)C. The Morgan fingerprint density at radius 2 is 1.60 bits per heavy atom. The Hall–Kier alpha value is 0.290. The van der Waals surface area contributed by atoms with Crippen molar-refractivity contribution >= 4 is 11.6 Å². The highest BCUT2D eigenvalue weighted by Gasteiger charge is 2.15. The van der Waals surface area contributed by atoms with Gasteiger partial charge in [-0.25, -0.2) is 0 Å². The molecule has 0 heterocycles. The molecule has 2 unspecified atom stereocenters. The number of halogens is 1. The first kappa shape index (κ1) is 15.3. The average Bonchev–Trinajstić information content (AvgIpc) is 2.21. The highest BCUT2D eigenvalue weighted by Crippen LogP contribution is 2.25. The second-order valence-electron chi connectivity index (χ2n) is 5.36. The molecule has 0 fully saturated rings. The summed E-state index contributed by atoms with van der Waals surface area (Å²) in [5.74, 6) is 3.24. The third kappa shape index (κ3) is 8.13. The third-order valence-electron chi connectivity index (χ3n) is 3.38. The molecule has 0 aromatic carbocycles. The molecule has 0 amide bonds. The van der Waals surface area contributed by atoms with Gasteiger partial charge in [-0.2, -0.15) is 0 Å². The normalized spacial score (nSPS) is 15.6. The predicted molar refractivity (Wildman–Crippen MR) is 71.6 cm³/mol. The summed E-state index contributed by atoms with van der Waals surface area (Å²) in [7, 11) is 0. The molecule has 1 heteroatoms. The maximum Gasteiger partial charge on any atom is 0.0254 e. The second-order valence-corrected chi connectivity index (χ2v) is 5.67. The molecule has 92 valence electrons. The highest BCUT2D eigenvalue weighted by atomic mass is 35.5. The van der Waals surface area contributed by atoms with Crippen LogP contribution in [0.5, 0.6) is 0 Å². The molecule has 0 radical (unpaired) electrons. The fourth-order valence-electron chi connectivity index (χ4n) is 2.00. The van der Waals surface area contributed by atoms with Crippen molar-refractivity contribution in [3.05, 3.63) is 0 Å². The number of hydrogen-bond donors (Lipinski definition) is 0. The van der Waals surface area contributed by atoms with Crippen molar-refractivity contribution in [2.24, 2.45) is 17.8 Å². The molecular weight excluding hydrogens is 204 g/mol. The van der Waals surface area contributed by atoms with Crippen LogP contribution in [0.15, 0.2) is 0 Å². The van der Waals surface area contributed by atoms with Crippen LogP contribution in [0.2, 0.25) is 0 Å². The van der Waals surface area contributed by atoms with Crippen molar-refractivity contribution in [2.75, 3.05) is 5.88 Å². The van der Waals surface area contributed by atoms with Crippen LogP contribution >= 0.6 is 11.6 Å². The van der Waals surface area contributed by atoms with Gasteiger partial charge >= 0.3 is 0 Å². The average molecular weight is 233 g/mol. The molecular formula is C14H29Cl. The lowest BCUT2D eigenvalue weighted by molar-refractivity contribution is 0.316. The number of alkyl halides is 1. The highest BCUT2D eigenvalue weighted by molar-refractivity contribution is 6.18. The standard InChI is InChI=1S/C14H29Cl/c1-5-6-7-8-14(11-15)13(4)10-9-12(2)3/h12-14H,5-11H2,1-4H3. The molecule has 0 aliphatic heterocycles. The maximum atomic E-state index is 6.06. The Kier molecular flexibility index (Phi) is 9.70. The van der Waals surface area contributed by atoms with Gasteiger partial charge in [0.25, 0.3) is 0 Å². The van der Waals surface area contributed by atoms with E-state index in [9.17, 15) is 0 Å². The predicted octanol–water partition coefficient (Wildman–Crippen LogP) is 5.49. The molecule has 0 spiro atoms. The van der Waals surface area contributed by atoms with Crippen LogP contribution in [0, 0.1) is 17.8 Å². The lowest BCUT2D eigenvalue weighted by atomic mass is 9.86. The lowest BCUT2D eigenvalue weighted by Crippen LogP contribution is -2.14. The maximum absolute atomic E-state index is 6.06. The minimum absolute atomic E-state index is 0.747. The summed E-state index contributed by atoms with van der Waals surface area (Å²) in [5.41, 5.74) is 0. The van der Waals surface area contributed by atoms with Gasteiger partial charge in [-0.15, -0.1) is 11.6 Å². The number of unbranched alkanes of at least 4 members (excludes halogenated alkanes) is 2. The Morgan fingerprint density at radius 1 is 0.933 bits per heavy atom. The van der Waals surface area contributed by atoms with E-state index >= 15 is 0 Å². The molecule has 0 aromatic heterocycles. The first-order chi connectivity index (χ1) is 7.11. The molecule has 2 atom stereocenters. The van der Waals surface area contributed by atoms with E-state index in [1.54, 1.807) is 0 Å². The summed E-state index contributed by atoms with van der Waals surface area (Å²) >= 11 is 6.06. The first-order valence-corrected chi connectivity index (χ1v) is 7.21. The Bertz CT molecular complexity index is 131. The first-order valence-electron chi connectivity index (χ1n) is 6.67. The van der Waals surface area contributed by atoms with E-state index in [4.69, 9.17) is 11.6 Å². The van der Waals surface area contributed by atoms with Gasteiger partial charge < -0.3 is 0 Å². The molecule has 0 saturated carbocycles. The van der Waals surface area contributed by atoms with Crippen LogP contribution in [0.25, 0.3) is 0 Å². The van der Waals surface area contributed by atoms with Crippen molar-refractivity contribution in [1.29, 1.82) is 0 Å². The van der Waals surface area contributed by atoms with Crippen molar-refractivity contribution < 1.29 is 0 Å². The topological polar surface area (TPSA) is 0 Å². The van der Waals surface area contributed by atoms with Crippen LogP contribution in [-0.2, 0) is 0 Å². The van der Waals surface area contributed by atoms with E-state index < -0.39 is 0 Å². The molecule has 0 N–H and O–H groups in total. The molecule has 0 aliphatic rings. The molecule has 0 bridgehead atoms. The summed E-state index contributed by atoms with van der Waals surface area (Å²) in [6.07, 6.45) is 8.07. The number of rotatable bonds is 9. The van der Waals surface area contributed by atoms with Crippen molar-refractivity contribution in [3.8, 4) is 0 Å². The summed E-state index contributed by atoms with van der Waals surface area (Å²) in [4.78, 5) is 0. The second kappa shape index (κ2) is 9.51. The van der Waals surface area contributed by atoms with E-state index in [-0.39, 0.29) is 0 Å². The van der Waals surface area contributed by atoms with Gasteiger partial charge in [0.15, 0.2) is 0 Å². The molecule has 0 aromatic rings. The van der Waals surface area contributed by atoms with Crippen LogP contribution < -0.4 is 0 Å². The fourth-order valence-corrected chi connectivity index (χ4v) is 2.46. The minimum atomic E-state index is 0.747. The van der Waals surface area contributed by atoms with Crippen LogP contribution in [0.3, 0.4) is 0 Å². The minimum Gasteiger partial charge on any atom is -0.126 e. The van der Waals surface area contributed by atoms with E-state index in [0.717, 1.165) is 23.6 Å². The van der Waals surface area contributed by atoms with Gasteiger partial charge in [-0.05, 0) is 24.2 Å². The van der Waals surface area contributed by atoms with Crippen LogP contribution in [0.4, 0.5) is 0 Å². The van der Waals surface area contributed by atoms with E-state index in [1.807, 2.05) is 0 Å². The smallest absolute Gasteiger partial charge is 0.0254 e. The van der Waals surface area contributed by atoms with Crippen LogP contribution in [-0.4, -0.2) is 5.88 Å². The molecule has 0 saturated heterocycles. The van der Waals surface area contributed by atoms with Gasteiger partial charge in [0.05, 0.1) is 0 Å². The monoisotopic (exact) mass is 232 g/mol. The molecule has 0 nitrogen and oxygen atoms in total. The quantitative estimate of drug-likeness (QED) is 0.364. The molecule has 0 aliphatic carbocycles. The zero-order chi connectivity index (χ0) is 11.7. The van der Waals surface area contributed by atoms with E-state index in [2.05, 4.69) is 27.7 Å². The zero-order valence-corrected chi connectivity index (χ0v) is 11.8. The van der Waals surface area contributed by atoms with Crippen molar-refractivity contribution in [1.82, 2.24) is 0 Å². The largest absolute Gasteiger partial charge is 0.126 e. The van der Waals surface area contributed by atoms with Crippen molar-refractivity contribution in [3.63, 3.8) is 0 Å². The Morgan fingerprint density at radius 3 is 2.07 bits per heavy atom. The van der Waals surface area contributed by atoms with Gasteiger partial charge in [0.2, 0.25) is 0 Å². The summed E-state index contributed by atoms with van der Waals surface area (Å²) in [6, 6.07) is 0. The zero-order valence-electron chi connectivity index (χ0n) is 11.1. The third-order valence-corrected chi connectivity index (χ3v) is 3.78. The summed E-state index contributed by atoms with van der Waals surface area (Å²) < 4.78 is 0. The summed E-state index contributed by atoms with van der Waals surface area (Å²) in [5, 5.41) is 0. The molecule has 15 heavy (non-hydrogen) atoms. The van der Waals surface area contributed by atoms with Gasteiger partial charge in [0.1, 0.15) is 0 Å². The van der Waals surface area contributed by atoms with Gasteiger partial charge in [-0.1, -0.05) is 59.8 Å².